The van der Waals surface area contributed by atoms with Gasteiger partial charge in [-0.1, -0.05) is 12.8 Å². The van der Waals surface area contributed by atoms with Crippen molar-refractivity contribution in [3.8, 4) is 0 Å². The normalized spacial score (nSPS) is 56.4. The van der Waals surface area contributed by atoms with E-state index in [9.17, 15) is 4.79 Å². The summed E-state index contributed by atoms with van der Waals surface area (Å²) in [5, 5.41) is 0. The van der Waals surface area contributed by atoms with Crippen LogP contribution in [0.4, 0.5) is 0 Å². The van der Waals surface area contributed by atoms with Crippen LogP contribution in [0.1, 0.15) is 32.1 Å². The van der Waals surface area contributed by atoms with Crippen molar-refractivity contribution in [3.63, 3.8) is 0 Å². The van der Waals surface area contributed by atoms with E-state index >= 15 is 0 Å². The molecule has 6 unspecified atom stereocenters. The number of carbonyl (C=O) groups excluding carboxylic acids is 1. The zero-order chi connectivity index (χ0) is 9.99. The van der Waals surface area contributed by atoms with Gasteiger partial charge in [0.25, 0.3) is 0 Å². The highest BCUT2D eigenvalue weighted by Crippen LogP contribution is 2.63. The average Bonchev–Trinajstić information content (AvgIpc) is 2.90. The highest BCUT2D eigenvalue weighted by atomic mass is 16.5. The number of carbonyl (C=O) groups is 1. The molecule has 6 atom stereocenters. The second kappa shape index (κ2) is 2.78. The van der Waals surface area contributed by atoms with Crippen molar-refractivity contribution in [3.05, 3.63) is 0 Å². The predicted octanol–water partition coefficient (Wildman–Crippen LogP) is 2.23. The minimum atomic E-state index is 0.136. The molecule has 4 rings (SSSR count). The lowest BCUT2D eigenvalue weighted by molar-refractivity contribution is -0.143. The predicted molar refractivity (Wildman–Crippen MR) is 55.0 cm³/mol. The van der Waals surface area contributed by atoms with E-state index < -0.39 is 0 Å². The van der Waals surface area contributed by atoms with Crippen LogP contribution in [0.2, 0.25) is 0 Å². The van der Waals surface area contributed by atoms with Crippen LogP contribution in [-0.4, -0.2) is 12.6 Å². The quantitative estimate of drug-likeness (QED) is 0.568. The van der Waals surface area contributed by atoms with E-state index in [-0.39, 0.29) is 5.97 Å². The van der Waals surface area contributed by atoms with Crippen LogP contribution in [0.25, 0.3) is 0 Å². The topological polar surface area (TPSA) is 26.3 Å². The standard InChI is InChI=1S/C13H18O2/c14-13-12-10-5-9(11(12)6-15-13)7-3-1-2-4-8(7)10/h7-12H,1-6H2. The maximum Gasteiger partial charge on any atom is 0.309 e. The van der Waals surface area contributed by atoms with E-state index in [1.807, 2.05) is 0 Å². The van der Waals surface area contributed by atoms with Crippen molar-refractivity contribution < 1.29 is 9.53 Å². The summed E-state index contributed by atoms with van der Waals surface area (Å²) in [4.78, 5) is 11.7. The zero-order valence-electron chi connectivity index (χ0n) is 9.02. The third-order valence-electron chi connectivity index (χ3n) is 5.68. The van der Waals surface area contributed by atoms with Crippen LogP contribution in [-0.2, 0) is 9.53 Å². The first-order valence-corrected chi connectivity index (χ1v) is 6.53. The Bertz CT molecular complexity index is 312. The van der Waals surface area contributed by atoms with E-state index in [1.165, 1.54) is 32.1 Å². The molecule has 1 saturated heterocycles. The summed E-state index contributed by atoms with van der Waals surface area (Å²) in [6.45, 7) is 0.744. The second-order valence-corrected chi connectivity index (χ2v) is 6.00. The molecule has 15 heavy (non-hydrogen) atoms. The molecule has 0 radical (unpaired) electrons. The molecule has 3 saturated carbocycles. The Kier molecular flexibility index (Phi) is 1.59. The SMILES string of the molecule is O=C1OCC2C3CC(C4CCCCC34)C12. The van der Waals surface area contributed by atoms with Crippen molar-refractivity contribution >= 4 is 5.97 Å². The highest BCUT2D eigenvalue weighted by Gasteiger charge is 2.62. The number of fused-ring (bicyclic) bond motifs is 8. The molecule has 0 aromatic rings. The molecule has 4 fully saturated rings. The summed E-state index contributed by atoms with van der Waals surface area (Å²) < 4.78 is 5.27. The molecule has 82 valence electrons. The molecule has 1 aliphatic heterocycles. The van der Waals surface area contributed by atoms with Gasteiger partial charge < -0.3 is 4.74 Å². The van der Waals surface area contributed by atoms with Crippen LogP contribution in [0.15, 0.2) is 0 Å². The van der Waals surface area contributed by atoms with E-state index in [1.54, 1.807) is 0 Å². The van der Waals surface area contributed by atoms with Gasteiger partial charge in [-0.15, -0.1) is 0 Å². The molecule has 2 heteroatoms. The monoisotopic (exact) mass is 206 g/mol. The molecular formula is C13H18O2. The van der Waals surface area contributed by atoms with Gasteiger partial charge in [0.1, 0.15) is 0 Å². The van der Waals surface area contributed by atoms with Crippen LogP contribution >= 0.6 is 0 Å². The fraction of sp³-hybridized carbons (Fsp3) is 0.923. The number of hydrogen-bond acceptors (Lipinski definition) is 2. The van der Waals surface area contributed by atoms with Crippen LogP contribution < -0.4 is 0 Å². The summed E-state index contributed by atoms with van der Waals surface area (Å²) in [7, 11) is 0. The van der Waals surface area contributed by atoms with Gasteiger partial charge in [-0.25, -0.2) is 0 Å². The largest absolute Gasteiger partial charge is 0.465 e. The van der Waals surface area contributed by atoms with Gasteiger partial charge in [-0.05, 0) is 42.9 Å². The Balaban J connectivity index is 1.70. The van der Waals surface area contributed by atoms with Crippen LogP contribution in [0.5, 0.6) is 0 Å². The molecule has 3 aliphatic carbocycles. The molecule has 0 N–H and O–H groups in total. The average molecular weight is 206 g/mol. The Morgan fingerprint density at radius 1 is 0.933 bits per heavy atom. The summed E-state index contributed by atoms with van der Waals surface area (Å²) in [5.41, 5.74) is 0. The van der Waals surface area contributed by atoms with Crippen molar-refractivity contribution in [1.29, 1.82) is 0 Å². The lowest BCUT2D eigenvalue weighted by Gasteiger charge is -2.39. The summed E-state index contributed by atoms with van der Waals surface area (Å²) in [5.74, 6) is 4.46. The smallest absolute Gasteiger partial charge is 0.309 e. The number of ether oxygens (including phenoxy) is 1. The maximum absolute atomic E-state index is 11.7. The maximum atomic E-state index is 11.7. The van der Waals surface area contributed by atoms with Gasteiger partial charge in [0.15, 0.2) is 0 Å². The third-order valence-corrected chi connectivity index (χ3v) is 5.68. The Morgan fingerprint density at radius 2 is 1.67 bits per heavy atom. The summed E-state index contributed by atoms with van der Waals surface area (Å²) in [6, 6.07) is 0. The molecule has 1 heterocycles. The van der Waals surface area contributed by atoms with Crippen molar-refractivity contribution in [1.82, 2.24) is 0 Å². The van der Waals surface area contributed by atoms with E-state index in [2.05, 4.69) is 0 Å². The van der Waals surface area contributed by atoms with Crippen LogP contribution in [0.3, 0.4) is 0 Å². The van der Waals surface area contributed by atoms with Gasteiger partial charge in [0.2, 0.25) is 0 Å². The van der Waals surface area contributed by atoms with Gasteiger partial charge in [-0.2, -0.15) is 0 Å². The molecule has 0 aromatic carbocycles. The minimum absolute atomic E-state index is 0.136. The van der Waals surface area contributed by atoms with Crippen LogP contribution in [0, 0.1) is 35.5 Å². The lowest BCUT2D eigenvalue weighted by atomic mass is 9.64. The molecule has 0 spiro atoms. The number of cyclic esters (lactones) is 1. The Hall–Kier alpha value is -0.530. The van der Waals surface area contributed by atoms with Gasteiger partial charge in [0, 0.05) is 5.92 Å². The Morgan fingerprint density at radius 3 is 2.47 bits per heavy atom. The van der Waals surface area contributed by atoms with E-state index in [0.29, 0.717) is 17.8 Å². The van der Waals surface area contributed by atoms with Crippen molar-refractivity contribution in [2.24, 2.45) is 35.5 Å². The number of hydrogen-bond donors (Lipinski definition) is 0. The molecule has 0 amide bonds. The first kappa shape index (κ1) is 8.60. The molecule has 2 bridgehead atoms. The fourth-order valence-electron chi connectivity index (χ4n) is 5.26. The number of rotatable bonds is 0. The van der Waals surface area contributed by atoms with E-state index in [0.717, 1.165) is 24.4 Å². The summed E-state index contributed by atoms with van der Waals surface area (Å²) in [6.07, 6.45) is 7.00. The molecule has 0 aromatic heterocycles. The molecule has 4 aliphatic rings. The van der Waals surface area contributed by atoms with E-state index in [4.69, 9.17) is 4.74 Å². The molecule has 2 nitrogen and oxygen atoms in total. The van der Waals surface area contributed by atoms with Gasteiger partial charge >= 0.3 is 5.97 Å². The zero-order valence-corrected chi connectivity index (χ0v) is 9.02. The first-order chi connectivity index (χ1) is 7.36. The summed E-state index contributed by atoms with van der Waals surface area (Å²) >= 11 is 0. The van der Waals surface area contributed by atoms with Gasteiger partial charge in [0.05, 0.1) is 12.5 Å². The van der Waals surface area contributed by atoms with Gasteiger partial charge in [-0.3, -0.25) is 4.79 Å². The van der Waals surface area contributed by atoms with Crippen molar-refractivity contribution in [2.45, 2.75) is 32.1 Å². The van der Waals surface area contributed by atoms with Crippen molar-refractivity contribution in [2.75, 3.05) is 6.61 Å². The highest BCUT2D eigenvalue weighted by molar-refractivity contribution is 5.76. The minimum Gasteiger partial charge on any atom is -0.465 e. The Labute approximate surface area is 90.4 Å². The number of esters is 1. The second-order valence-electron chi connectivity index (χ2n) is 6.00. The fourth-order valence-corrected chi connectivity index (χ4v) is 5.26. The first-order valence-electron chi connectivity index (χ1n) is 6.53. The molecular weight excluding hydrogens is 188 g/mol. The third kappa shape index (κ3) is 0.938. The lowest BCUT2D eigenvalue weighted by Crippen LogP contribution is -2.37.